The monoisotopic (exact) mass is 878 g/mol. The lowest BCUT2D eigenvalue weighted by molar-refractivity contribution is 0.584. The first-order valence-electron chi connectivity index (χ1n) is 24.8. The van der Waals surface area contributed by atoms with Crippen molar-refractivity contribution in [2.45, 2.75) is 78.6 Å². The maximum Gasteiger partial charge on any atom is 0.0582 e. The van der Waals surface area contributed by atoms with Gasteiger partial charge < -0.3 is 9.13 Å². The Balaban J connectivity index is 1.18. The fraction of sp³-hybridized carbons (Fsp3) is 0.182. The molecule has 332 valence electrons. The van der Waals surface area contributed by atoms with Crippen molar-refractivity contribution in [3.8, 4) is 39.1 Å². The van der Waals surface area contributed by atoms with E-state index in [1.807, 2.05) is 6.08 Å². The van der Waals surface area contributed by atoms with E-state index >= 15 is 0 Å². The van der Waals surface area contributed by atoms with E-state index in [1.165, 1.54) is 127 Å². The number of nitrogens with zero attached hydrogens (tertiary/aromatic N) is 2. The average Bonchev–Trinajstić information content (AvgIpc) is 3.87. The second kappa shape index (κ2) is 16.1. The lowest BCUT2D eigenvalue weighted by Gasteiger charge is -2.42. The van der Waals surface area contributed by atoms with Gasteiger partial charge in [-0.2, -0.15) is 0 Å². The summed E-state index contributed by atoms with van der Waals surface area (Å²) in [6.07, 6.45) is 14.1. The van der Waals surface area contributed by atoms with E-state index in [2.05, 4.69) is 234 Å². The molecule has 2 aliphatic rings. The van der Waals surface area contributed by atoms with Crippen molar-refractivity contribution >= 4 is 66.2 Å². The third kappa shape index (κ3) is 6.16. The minimum absolute atomic E-state index is 0.220. The van der Waals surface area contributed by atoms with Crippen LogP contribution >= 0.6 is 0 Å². The number of rotatable bonds is 8. The van der Waals surface area contributed by atoms with Crippen LogP contribution in [0, 0.1) is 6.92 Å². The number of para-hydroxylation sites is 1. The topological polar surface area (TPSA) is 9.86 Å². The summed E-state index contributed by atoms with van der Waals surface area (Å²) in [4.78, 5) is 0. The molecule has 0 N–H and O–H groups in total. The Bertz CT molecular complexity index is 3820. The Hall–Kier alpha value is -7.42. The lowest BCUT2D eigenvalue weighted by atomic mass is 9.62. The maximum atomic E-state index is 4.22. The van der Waals surface area contributed by atoms with Crippen LogP contribution in [0.2, 0.25) is 0 Å². The van der Waals surface area contributed by atoms with Gasteiger partial charge in [-0.3, -0.25) is 0 Å². The smallest absolute Gasteiger partial charge is 0.0582 e. The van der Waals surface area contributed by atoms with Crippen LogP contribution < -0.4 is 0 Å². The first-order chi connectivity index (χ1) is 33.2. The minimum Gasteiger partial charge on any atom is -0.309 e. The number of benzene rings is 8. The molecule has 2 heterocycles. The Kier molecular flexibility index (Phi) is 9.96. The van der Waals surface area contributed by atoms with Crippen LogP contribution in [0.1, 0.15) is 105 Å². The summed E-state index contributed by atoms with van der Waals surface area (Å²) in [5.41, 5.74) is 23.8. The van der Waals surface area contributed by atoms with Crippen molar-refractivity contribution in [2.75, 3.05) is 0 Å². The fourth-order valence-corrected chi connectivity index (χ4v) is 12.2. The molecule has 0 aliphatic heterocycles. The molecule has 4 unspecified atom stereocenters. The second-order valence-corrected chi connectivity index (χ2v) is 19.7. The van der Waals surface area contributed by atoms with Crippen molar-refractivity contribution in [2.24, 2.45) is 0 Å². The van der Waals surface area contributed by atoms with Crippen LogP contribution in [0.5, 0.6) is 0 Å². The molecule has 4 atom stereocenters. The number of hydrogen-bond acceptors (Lipinski definition) is 0. The van der Waals surface area contributed by atoms with Gasteiger partial charge >= 0.3 is 0 Å². The Labute approximate surface area is 400 Å². The van der Waals surface area contributed by atoms with Gasteiger partial charge in [-0.05, 0) is 194 Å². The third-order valence-electron chi connectivity index (χ3n) is 16.0. The molecule has 12 rings (SSSR count). The van der Waals surface area contributed by atoms with Gasteiger partial charge in [-0.1, -0.05) is 144 Å². The summed E-state index contributed by atoms with van der Waals surface area (Å²) < 4.78 is 5.14. The molecular weight excluding hydrogens is 821 g/mol. The van der Waals surface area contributed by atoms with Crippen molar-refractivity contribution in [3.63, 3.8) is 0 Å². The zero-order valence-corrected chi connectivity index (χ0v) is 40.4. The molecule has 68 heavy (non-hydrogen) atoms. The molecule has 2 nitrogen and oxygen atoms in total. The van der Waals surface area contributed by atoms with Crippen LogP contribution in [-0.4, -0.2) is 9.13 Å². The van der Waals surface area contributed by atoms with E-state index in [0.29, 0.717) is 11.8 Å². The lowest BCUT2D eigenvalue weighted by Crippen LogP contribution is -2.24. The van der Waals surface area contributed by atoms with Gasteiger partial charge in [0.25, 0.3) is 0 Å². The van der Waals surface area contributed by atoms with Crippen molar-refractivity contribution < 1.29 is 0 Å². The second-order valence-electron chi connectivity index (χ2n) is 19.7. The molecule has 0 saturated carbocycles. The van der Waals surface area contributed by atoms with E-state index < -0.39 is 0 Å². The SMILES string of the molecule is C=C/C=C(\C=C/C)n1c2ccc(-c3ccc(C)c(/C=C\CC)c3)cc2c2cc3c4c(c21)C(C)C(C)c1c-4c(cc2c4cc(-c5ccc6ccccc6c5)ccc4n(-c4ccccc4)c12)C(C)C3C. The Morgan fingerprint density at radius 3 is 1.82 bits per heavy atom. The minimum atomic E-state index is 0.220. The van der Waals surface area contributed by atoms with E-state index in [9.17, 15) is 0 Å². The molecule has 2 heteroatoms. The Morgan fingerprint density at radius 2 is 1.15 bits per heavy atom. The van der Waals surface area contributed by atoms with Crippen LogP contribution in [0.15, 0.2) is 176 Å². The largest absolute Gasteiger partial charge is 0.309 e. The molecule has 8 aromatic carbocycles. The van der Waals surface area contributed by atoms with Crippen LogP contribution in [0.3, 0.4) is 0 Å². The van der Waals surface area contributed by atoms with Gasteiger partial charge in [0.05, 0.1) is 22.1 Å². The summed E-state index contributed by atoms with van der Waals surface area (Å²) >= 11 is 0. The summed E-state index contributed by atoms with van der Waals surface area (Å²) in [6, 6.07) is 53.1. The summed E-state index contributed by atoms with van der Waals surface area (Å²) in [7, 11) is 0. The predicted octanol–water partition coefficient (Wildman–Crippen LogP) is 18.8. The van der Waals surface area contributed by atoms with Crippen LogP contribution in [0.25, 0.3) is 105 Å². The van der Waals surface area contributed by atoms with E-state index in [1.54, 1.807) is 0 Å². The molecule has 0 amide bonds. The van der Waals surface area contributed by atoms with Gasteiger partial charge in [0, 0.05) is 32.9 Å². The predicted molar refractivity (Wildman–Crippen MR) is 295 cm³/mol. The van der Waals surface area contributed by atoms with E-state index in [-0.39, 0.29) is 11.8 Å². The molecule has 0 spiro atoms. The van der Waals surface area contributed by atoms with Gasteiger partial charge in [-0.25, -0.2) is 0 Å². The van der Waals surface area contributed by atoms with Gasteiger partial charge in [-0.15, -0.1) is 0 Å². The van der Waals surface area contributed by atoms with Crippen LogP contribution in [0.4, 0.5) is 0 Å². The maximum absolute atomic E-state index is 4.22. The number of aryl methyl sites for hydroxylation is 1. The average molecular weight is 879 g/mol. The molecule has 0 bridgehead atoms. The highest BCUT2D eigenvalue weighted by Crippen LogP contribution is 2.61. The highest BCUT2D eigenvalue weighted by atomic mass is 15.0. The van der Waals surface area contributed by atoms with Crippen molar-refractivity contribution in [1.82, 2.24) is 9.13 Å². The van der Waals surface area contributed by atoms with Crippen molar-refractivity contribution in [3.05, 3.63) is 210 Å². The molecule has 0 radical (unpaired) electrons. The number of aromatic nitrogens is 2. The number of hydrogen-bond donors (Lipinski definition) is 0. The van der Waals surface area contributed by atoms with E-state index in [4.69, 9.17) is 0 Å². The standard InChI is InChI=1S/C66H58N2/c1-9-12-20-45-33-47(26-25-39(45)4)49-29-31-59-55(35-49)57-37-53-40(5)41(6)54-38-58-56-36-50(48-28-27-44-21-16-17-22-46(44)34-48)30-32-60(56)68(52-23-14-13-15-24-52)66(58)62-43(8)42(7)61(63(53)64(54)62)65(57)67(59)51(18-10-2)19-11-3/h10-38,40-43H,2,9H2,1,3-8H3/b19-11-,20-12-,51-18+. The number of allylic oxidation sites excluding steroid dienone is 6. The first kappa shape index (κ1) is 42.0. The first-order valence-corrected chi connectivity index (χ1v) is 24.8. The molecule has 0 fully saturated rings. The Morgan fingerprint density at radius 1 is 0.574 bits per heavy atom. The molecule has 10 aromatic rings. The quantitative estimate of drug-likeness (QED) is 0.135. The highest BCUT2D eigenvalue weighted by Gasteiger charge is 2.42. The third-order valence-corrected chi connectivity index (χ3v) is 16.0. The van der Waals surface area contributed by atoms with Gasteiger partial charge in [0.2, 0.25) is 0 Å². The zero-order chi connectivity index (χ0) is 46.5. The summed E-state index contributed by atoms with van der Waals surface area (Å²) in [6.45, 7) is 20.7. The van der Waals surface area contributed by atoms with Gasteiger partial charge in [0.1, 0.15) is 0 Å². The molecule has 2 aromatic heterocycles. The highest BCUT2D eigenvalue weighted by molar-refractivity contribution is 6.18. The number of fused-ring (bicyclic) bond motifs is 9. The van der Waals surface area contributed by atoms with Crippen LogP contribution in [-0.2, 0) is 0 Å². The zero-order valence-electron chi connectivity index (χ0n) is 40.4. The van der Waals surface area contributed by atoms with E-state index in [0.717, 1.165) is 12.1 Å². The molecular formula is C66H58N2. The fourth-order valence-electron chi connectivity index (χ4n) is 12.2. The summed E-state index contributed by atoms with van der Waals surface area (Å²) in [5, 5.41) is 7.82. The summed E-state index contributed by atoms with van der Waals surface area (Å²) in [5.74, 6) is 1.07. The molecule has 0 saturated heterocycles. The van der Waals surface area contributed by atoms with Gasteiger partial charge in [0.15, 0.2) is 0 Å². The molecule has 2 aliphatic carbocycles. The van der Waals surface area contributed by atoms with Crippen molar-refractivity contribution in [1.29, 1.82) is 0 Å². The normalized spacial score (nSPS) is 18.0.